The second-order valence-electron chi connectivity index (χ2n) is 2.15. The highest BCUT2D eigenvalue weighted by Gasteiger charge is 1.84. The number of benzene rings is 1. The Labute approximate surface area is 72.7 Å². The van der Waals surface area contributed by atoms with Gasteiger partial charge in [-0.15, -0.1) is 0 Å². The third-order valence-electron chi connectivity index (χ3n) is 1.24. The van der Waals surface area contributed by atoms with Gasteiger partial charge in [-0.25, -0.2) is 0 Å². The quantitative estimate of drug-likeness (QED) is 0.664. The van der Waals surface area contributed by atoms with Crippen molar-refractivity contribution >= 4 is 12.0 Å². The lowest BCUT2D eigenvalue weighted by molar-refractivity contribution is -0.113. The largest absolute Gasteiger partial charge is 0.366 e. The summed E-state index contributed by atoms with van der Waals surface area (Å²) in [5.74, 6) is -0.422. The maximum absolute atomic E-state index is 10.3. The Hall–Kier alpha value is -1.57. The maximum Gasteiger partial charge on any atom is 0.241 e. The molecule has 0 aliphatic rings. The molecule has 2 nitrogen and oxygen atoms in total. The molecule has 1 aromatic carbocycles. The van der Waals surface area contributed by atoms with Crippen molar-refractivity contribution in [3.05, 3.63) is 42.0 Å². The monoisotopic (exact) mass is 163 g/mol. The van der Waals surface area contributed by atoms with Gasteiger partial charge in [0, 0.05) is 6.08 Å². The molecule has 0 unspecified atom stereocenters. The van der Waals surface area contributed by atoms with Gasteiger partial charge in [0.25, 0.3) is 0 Å². The van der Waals surface area contributed by atoms with E-state index in [1.165, 1.54) is 6.08 Å². The number of nitrogens with two attached hydrogens (primary N) is 1. The fourth-order valence-electron chi connectivity index (χ4n) is 0.743. The van der Waals surface area contributed by atoms with Crippen LogP contribution in [0.3, 0.4) is 0 Å². The Balaban J connectivity index is 0.00000121. The van der Waals surface area contributed by atoms with Gasteiger partial charge >= 0.3 is 0 Å². The average molecular weight is 163 g/mol. The minimum atomic E-state index is -0.422. The van der Waals surface area contributed by atoms with Gasteiger partial charge in [0.05, 0.1) is 0 Å². The van der Waals surface area contributed by atoms with Crippen molar-refractivity contribution in [2.24, 2.45) is 5.73 Å². The van der Waals surface area contributed by atoms with Crippen LogP contribution in [0.4, 0.5) is 0 Å². The molecule has 0 aliphatic heterocycles. The van der Waals surface area contributed by atoms with E-state index >= 15 is 0 Å². The summed E-state index contributed by atoms with van der Waals surface area (Å²) in [4.78, 5) is 10.3. The molecule has 0 heterocycles. The van der Waals surface area contributed by atoms with Crippen LogP contribution in [-0.4, -0.2) is 5.91 Å². The molecule has 0 aromatic heterocycles. The molecule has 12 heavy (non-hydrogen) atoms. The molecule has 0 saturated carbocycles. The van der Waals surface area contributed by atoms with Crippen molar-refractivity contribution in [2.75, 3.05) is 0 Å². The van der Waals surface area contributed by atoms with E-state index in [4.69, 9.17) is 5.73 Å². The molecule has 0 saturated heterocycles. The average Bonchev–Trinajstić information content (AvgIpc) is 2.03. The van der Waals surface area contributed by atoms with Gasteiger partial charge < -0.3 is 5.73 Å². The van der Waals surface area contributed by atoms with Crippen LogP contribution in [0.15, 0.2) is 36.4 Å². The van der Waals surface area contributed by atoms with Crippen LogP contribution in [-0.2, 0) is 4.79 Å². The van der Waals surface area contributed by atoms with Gasteiger partial charge in [-0.3, -0.25) is 4.79 Å². The number of primary amides is 1. The first-order chi connectivity index (χ1) is 5.29. The fourth-order valence-corrected chi connectivity index (χ4v) is 0.743. The maximum atomic E-state index is 10.3. The summed E-state index contributed by atoms with van der Waals surface area (Å²) < 4.78 is 0. The third kappa shape index (κ3) is 3.56. The second-order valence-corrected chi connectivity index (χ2v) is 2.15. The highest BCUT2D eigenvalue weighted by molar-refractivity contribution is 5.90. The van der Waals surface area contributed by atoms with Crippen molar-refractivity contribution in [3.63, 3.8) is 0 Å². The van der Waals surface area contributed by atoms with Gasteiger partial charge in [0.2, 0.25) is 5.91 Å². The second kappa shape index (κ2) is 5.13. The molecule has 2 N–H and O–H groups in total. The Morgan fingerprint density at radius 2 is 1.83 bits per heavy atom. The van der Waals surface area contributed by atoms with Crippen LogP contribution in [0.1, 0.15) is 13.0 Å². The molecule has 0 atom stereocenters. The Morgan fingerprint density at radius 1 is 1.25 bits per heavy atom. The van der Waals surface area contributed by atoms with Crippen molar-refractivity contribution in [3.8, 4) is 0 Å². The summed E-state index contributed by atoms with van der Waals surface area (Å²) >= 11 is 0. The number of amides is 1. The highest BCUT2D eigenvalue weighted by atomic mass is 16.1. The van der Waals surface area contributed by atoms with Crippen molar-refractivity contribution < 1.29 is 4.79 Å². The summed E-state index contributed by atoms with van der Waals surface area (Å²) in [5.41, 5.74) is 5.89. The van der Waals surface area contributed by atoms with E-state index < -0.39 is 5.91 Å². The predicted octanol–water partition coefficient (Wildman–Crippen LogP) is 1.82. The van der Waals surface area contributed by atoms with Gasteiger partial charge in [-0.2, -0.15) is 0 Å². The molecule has 0 bridgehead atoms. The fraction of sp³-hybridized carbons (Fsp3) is 0.100. The van der Waals surface area contributed by atoms with E-state index in [0.717, 1.165) is 5.56 Å². The molecular formula is C10H13NO. The van der Waals surface area contributed by atoms with Gasteiger partial charge in [0.15, 0.2) is 0 Å². The van der Waals surface area contributed by atoms with Gasteiger partial charge in [-0.1, -0.05) is 37.8 Å². The number of rotatable bonds is 2. The Bertz CT molecular complexity index is 264. The van der Waals surface area contributed by atoms with Crippen LogP contribution >= 0.6 is 0 Å². The summed E-state index contributed by atoms with van der Waals surface area (Å²) in [7, 11) is 0. The number of hydrogen-bond donors (Lipinski definition) is 1. The molecule has 64 valence electrons. The van der Waals surface area contributed by atoms with Gasteiger partial charge in [-0.05, 0) is 11.6 Å². The van der Waals surface area contributed by atoms with Crippen molar-refractivity contribution in [2.45, 2.75) is 7.43 Å². The topological polar surface area (TPSA) is 43.1 Å². The SMILES string of the molecule is C.NC(=O)/C=C/c1ccccc1. The minimum Gasteiger partial charge on any atom is -0.366 e. The zero-order chi connectivity index (χ0) is 8.10. The van der Waals surface area contributed by atoms with Gasteiger partial charge in [0.1, 0.15) is 0 Å². The molecule has 1 amide bonds. The van der Waals surface area contributed by atoms with Crippen LogP contribution in [0, 0.1) is 0 Å². The third-order valence-corrected chi connectivity index (χ3v) is 1.24. The lowest BCUT2D eigenvalue weighted by Gasteiger charge is -1.88. The van der Waals surface area contributed by atoms with E-state index in [1.54, 1.807) is 6.08 Å². The molecule has 0 spiro atoms. The molecule has 2 heteroatoms. The molecule has 1 rings (SSSR count). The van der Waals surface area contributed by atoms with Crippen LogP contribution in [0.2, 0.25) is 0 Å². The zero-order valence-corrected chi connectivity index (χ0v) is 6.03. The molecule has 0 aliphatic carbocycles. The summed E-state index contributed by atoms with van der Waals surface area (Å²) in [5, 5.41) is 0. The van der Waals surface area contributed by atoms with E-state index in [2.05, 4.69) is 0 Å². The lowest BCUT2D eigenvalue weighted by atomic mass is 10.2. The van der Waals surface area contributed by atoms with E-state index in [9.17, 15) is 4.79 Å². The first kappa shape index (κ1) is 10.4. The predicted molar refractivity (Wildman–Crippen MR) is 51.4 cm³/mol. The Kier molecular flexibility index (Phi) is 4.46. The standard InChI is InChI=1S/C9H9NO.CH4/c10-9(11)7-6-8-4-2-1-3-5-8;/h1-7H,(H2,10,11);1H4/b7-6+;. The molecule has 0 radical (unpaired) electrons. The van der Waals surface area contributed by atoms with E-state index in [0.29, 0.717) is 0 Å². The van der Waals surface area contributed by atoms with Crippen LogP contribution in [0.25, 0.3) is 6.08 Å². The normalized spacial score (nSPS) is 9.33. The van der Waals surface area contributed by atoms with Crippen molar-refractivity contribution in [1.82, 2.24) is 0 Å². The Morgan fingerprint density at radius 3 is 2.33 bits per heavy atom. The summed E-state index contributed by atoms with van der Waals surface area (Å²) in [6.07, 6.45) is 3.03. The lowest BCUT2D eigenvalue weighted by Crippen LogP contribution is -2.04. The highest BCUT2D eigenvalue weighted by Crippen LogP contribution is 1.99. The number of carbonyl (C=O) groups is 1. The van der Waals surface area contributed by atoms with Crippen molar-refractivity contribution in [1.29, 1.82) is 0 Å². The first-order valence-corrected chi connectivity index (χ1v) is 3.31. The number of hydrogen-bond acceptors (Lipinski definition) is 1. The minimum absolute atomic E-state index is 0. The van der Waals surface area contributed by atoms with E-state index in [-0.39, 0.29) is 7.43 Å². The summed E-state index contributed by atoms with van der Waals surface area (Å²) in [6, 6.07) is 9.53. The molecule has 0 fully saturated rings. The first-order valence-electron chi connectivity index (χ1n) is 3.31. The number of carbonyl (C=O) groups excluding carboxylic acids is 1. The van der Waals surface area contributed by atoms with E-state index in [1.807, 2.05) is 30.3 Å². The smallest absolute Gasteiger partial charge is 0.241 e. The van der Waals surface area contributed by atoms with Crippen LogP contribution < -0.4 is 5.73 Å². The zero-order valence-electron chi connectivity index (χ0n) is 6.03. The molecular weight excluding hydrogens is 150 g/mol. The van der Waals surface area contributed by atoms with Crippen LogP contribution in [0.5, 0.6) is 0 Å². The molecule has 1 aromatic rings. The summed E-state index contributed by atoms with van der Waals surface area (Å²) in [6.45, 7) is 0.